The molecule has 134 valence electrons. The molecule has 1 N–H and O–H groups in total. The van der Waals surface area contributed by atoms with Gasteiger partial charge in [-0.15, -0.1) is 11.3 Å². The molecule has 3 aromatic rings. The van der Waals surface area contributed by atoms with E-state index in [2.05, 4.69) is 5.32 Å². The quantitative estimate of drug-likeness (QED) is 0.644. The van der Waals surface area contributed by atoms with Crippen LogP contribution in [0.1, 0.15) is 26.4 Å². The third-order valence-corrected chi connectivity index (χ3v) is 4.76. The summed E-state index contributed by atoms with van der Waals surface area (Å²) in [6.45, 7) is 4.35. The first-order valence-corrected chi connectivity index (χ1v) is 8.84. The monoisotopic (exact) mass is 373 g/mol. The molecule has 6 heteroatoms. The van der Waals surface area contributed by atoms with Gasteiger partial charge in [-0.1, -0.05) is 17.7 Å². The molecule has 0 spiro atoms. The van der Waals surface area contributed by atoms with E-state index >= 15 is 0 Å². The van der Waals surface area contributed by atoms with Crippen molar-refractivity contribution in [3.05, 3.63) is 81.0 Å². The minimum atomic E-state index is -1.00. The van der Waals surface area contributed by atoms with E-state index < -0.39 is 11.6 Å². The maximum atomic E-state index is 13.2. The van der Waals surface area contributed by atoms with Gasteiger partial charge in [-0.3, -0.25) is 4.79 Å². The summed E-state index contributed by atoms with van der Waals surface area (Å²) in [7, 11) is 0. The van der Waals surface area contributed by atoms with Gasteiger partial charge in [-0.25, -0.2) is 8.78 Å². The van der Waals surface area contributed by atoms with Gasteiger partial charge >= 0.3 is 0 Å². The van der Waals surface area contributed by atoms with Gasteiger partial charge in [0.15, 0.2) is 11.6 Å². The van der Waals surface area contributed by atoms with E-state index in [1.807, 2.05) is 37.4 Å². The van der Waals surface area contributed by atoms with Crippen molar-refractivity contribution >= 4 is 22.9 Å². The van der Waals surface area contributed by atoms with E-state index in [4.69, 9.17) is 4.74 Å². The minimum absolute atomic E-state index is 0.204. The molecule has 1 heterocycles. The number of ether oxygens (including phenoxy) is 1. The van der Waals surface area contributed by atoms with E-state index in [1.54, 1.807) is 6.07 Å². The first kappa shape index (κ1) is 18.1. The number of rotatable bonds is 5. The number of carbonyl (C=O) groups excluding carboxylic acids is 1. The van der Waals surface area contributed by atoms with Crippen molar-refractivity contribution in [3.8, 4) is 5.75 Å². The Hall–Kier alpha value is -2.73. The van der Waals surface area contributed by atoms with Crippen molar-refractivity contribution in [2.24, 2.45) is 0 Å². The van der Waals surface area contributed by atoms with E-state index in [0.29, 0.717) is 11.5 Å². The maximum absolute atomic E-state index is 13.2. The molecule has 0 aliphatic carbocycles. The fraction of sp³-hybridized carbons (Fsp3) is 0.150. The zero-order chi connectivity index (χ0) is 18.7. The summed E-state index contributed by atoms with van der Waals surface area (Å²) in [4.78, 5) is 12.7. The largest absolute Gasteiger partial charge is 0.489 e. The Labute approximate surface area is 154 Å². The van der Waals surface area contributed by atoms with Gasteiger partial charge in [-0.2, -0.15) is 0 Å². The topological polar surface area (TPSA) is 38.3 Å². The second kappa shape index (κ2) is 7.66. The summed E-state index contributed by atoms with van der Waals surface area (Å²) in [5, 5.41) is 4.39. The van der Waals surface area contributed by atoms with Gasteiger partial charge in [0.1, 0.15) is 12.4 Å². The molecular formula is C20H17F2NO2S. The fourth-order valence-electron chi connectivity index (χ4n) is 2.46. The number of nitrogens with one attached hydrogen (secondary N) is 1. The summed E-state index contributed by atoms with van der Waals surface area (Å²) in [5.74, 6) is -1.53. The average molecular weight is 373 g/mol. The van der Waals surface area contributed by atoms with Crippen molar-refractivity contribution in [1.82, 2.24) is 0 Å². The molecule has 0 saturated heterocycles. The predicted octanol–water partition coefficient (Wildman–Crippen LogP) is 5.47. The SMILES string of the molecule is Cc1ccc(OCc2csc(C(=O)Nc3ccc(F)c(F)c3)c2)c(C)c1. The molecular weight excluding hydrogens is 356 g/mol. The Morgan fingerprint density at radius 3 is 2.62 bits per heavy atom. The molecule has 0 unspecified atom stereocenters. The van der Waals surface area contributed by atoms with Gasteiger partial charge in [0, 0.05) is 17.3 Å². The molecule has 0 aliphatic rings. The van der Waals surface area contributed by atoms with Gasteiger partial charge in [0.2, 0.25) is 0 Å². The highest BCUT2D eigenvalue weighted by molar-refractivity contribution is 7.12. The first-order chi connectivity index (χ1) is 12.4. The van der Waals surface area contributed by atoms with Crippen LogP contribution in [0.25, 0.3) is 0 Å². The summed E-state index contributed by atoms with van der Waals surface area (Å²) >= 11 is 1.27. The maximum Gasteiger partial charge on any atom is 0.265 e. The zero-order valence-electron chi connectivity index (χ0n) is 14.3. The lowest BCUT2D eigenvalue weighted by molar-refractivity contribution is 0.103. The Kier molecular flexibility index (Phi) is 5.32. The second-order valence-electron chi connectivity index (χ2n) is 5.96. The van der Waals surface area contributed by atoms with Crippen LogP contribution in [-0.2, 0) is 6.61 Å². The van der Waals surface area contributed by atoms with Gasteiger partial charge in [0.05, 0.1) is 4.88 Å². The van der Waals surface area contributed by atoms with Crippen molar-refractivity contribution < 1.29 is 18.3 Å². The van der Waals surface area contributed by atoms with Crippen LogP contribution < -0.4 is 10.1 Å². The number of hydrogen-bond acceptors (Lipinski definition) is 3. The lowest BCUT2D eigenvalue weighted by Crippen LogP contribution is -2.10. The third kappa shape index (κ3) is 4.26. The number of aryl methyl sites for hydroxylation is 2. The normalized spacial score (nSPS) is 10.6. The van der Waals surface area contributed by atoms with Crippen LogP contribution >= 0.6 is 11.3 Å². The number of halogens is 2. The molecule has 0 bridgehead atoms. The smallest absolute Gasteiger partial charge is 0.265 e. The van der Waals surface area contributed by atoms with E-state index in [0.717, 1.165) is 29.0 Å². The summed E-state index contributed by atoms with van der Waals surface area (Å²) < 4.78 is 32.0. The lowest BCUT2D eigenvalue weighted by Gasteiger charge is -2.08. The van der Waals surface area contributed by atoms with Crippen molar-refractivity contribution in [3.63, 3.8) is 0 Å². The molecule has 3 nitrogen and oxygen atoms in total. The molecule has 0 fully saturated rings. The first-order valence-electron chi connectivity index (χ1n) is 7.96. The molecule has 0 aliphatic heterocycles. The highest BCUT2D eigenvalue weighted by Gasteiger charge is 2.12. The standard InChI is InChI=1S/C20H17F2NO2S/c1-12-3-6-18(13(2)7-12)25-10-14-8-19(26-11-14)20(24)23-15-4-5-16(21)17(22)9-15/h3-9,11H,10H2,1-2H3,(H,23,24). The molecule has 1 aromatic heterocycles. The number of benzene rings is 2. The van der Waals surface area contributed by atoms with Crippen LogP contribution in [0.4, 0.5) is 14.5 Å². The summed E-state index contributed by atoms with van der Waals surface area (Å²) in [6, 6.07) is 10.9. The number of anilines is 1. The van der Waals surface area contributed by atoms with E-state index in [9.17, 15) is 13.6 Å². The molecule has 2 aromatic carbocycles. The van der Waals surface area contributed by atoms with Crippen LogP contribution in [0.15, 0.2) is 47.8 Å². The van der Waals surface area contributed by atoms with Gasteiger partial charge in [0.25, 0.3) is 5.91 Å². The number of carbonyl (C=O) groups is 1. The van der Waals surface area contributed by atoms with Crippen LogP contribution in [0.5, 0.6) is 5.75 Å². The van der Waals surface area contributed by atoms with E-state index in [-0.39, 0.29) is 11.6 Å². The predicted molar refractivity (Wildman–Crippen MR) is 98.9 cm³/mol. The van der Waals surface area contributed by atoms with E-state index in [1.165, 1.54) is 23.0 Å². The fourth-order valence-corrected chi connectivity index (χ4v) is 3.25. The van der Waals surface area contributed by atoms with Crippen LogP contribution in [0, 0.1) is 25.5 Å². The van der Waals surface area contributed by atoms with Crippen LogP contribution in [0.2, 0.25) is 0 Å². The van der Waals surface area contributed by atoms with Crippen molar-refractivity contribution in [1.29, 1.82) is 0 Å². The highest BCUT2D eigenvalue weighted by atomic mass is 32.1. The molecule has 0 radical (unpaired) electrons. The molecule has 0 atom stereocenters. The summed E-state index contributed by atoms with van der Waals surface area (Å²) in [5.41, 5.74) is 3.29. The molecule has 1 amide bonds. The van der Waals surface area contributed by atoms with Gasteiger partial charge in [-0.05, 0) is 49.1 Å². The second-order valence-corrected chi connectivity index (χ2v) is 6.87. The Morgan fingerprint density at radius 1 is 1.08 bits per heavy atom. The minimum Gasteiger partial charge on any atom is -0.489 e. The van der Waals surface area contributed by atoms with Crippen molar-refractivity contribution in [2.75, 3.05) is 5.32 Å². The van der Waals surface area contributed by atoms with Gasteiger partial charge < -0.3 is 10.1 Å². The van der Waals surface area contributed by atoms with Crippen LogP contribution in [-0.4, -0.2) is 5.91 Å². The average Bonchev–Trinajstić information content (AvgIpc) is 3.06. The number of thiophene rings is 1. The molecule has 0 saturated carbocycles. The Bertz CT molecular complexity index is 953. The van der Waals surface area contributed by atoms with Crippen molar-refractivity contribution in [2.45, 2.75) is 20.5 Å². The number of hydrogen-bond donors (Lipinski definition) is 1. The third-order valence-electron chi connectivity index (χ3n) is 3.78. The summed E-state index contributed by atoms with van der Waals surface area (Å²) in [6.07, 6.45) is 0. The Morgan fingerprint density at radius 2 is 1.88 bits per heavy atom. The molecule has 3 rings (SSSR count). The molecule has 26 heavy (non-hydrogen) atoms. The number of amides is 1. The van der Waals surface area contributed by atoms with Crippen LogP contribution in [0.3, 0.4) is 0 Å². The highest BCUT2D eigenvalue weighted by Crippen LogP contribution is 2.22. The Balaban J connectivity index is 1.63. The zero-order valence-corrected chi connectivity index (χ0v) is 15.1. The lowest BCUT2D eigenvalue weighted by atomic mass is 10.1.